The lowest BCUT2D eigenvalue weighted by molar-refractivity contribution is 0.414. The summed E-state index contributed by atoms with van der Waals surface area (Å²) in [7, 11) is 1.67. The van der Waals surface area contributed by atoms with Crippen molar-refractivity contribution in [2.45, 2.75) is 13.3 Å². The number of aromatic nitrogens is 2. The van der Waals surface area contributed by atoms with Gasteiger partial charge in [-0.15, -0.1) is 0 Å². The second-order valence-corrected chi connectivity index (χ2v) is 6.29. The Labute approximate surface area is 158 Å². The molecule has 0 spiro atoms. The molecular formula is C20H21ClN4O. The number of aryl methyl sites for hydroxylation is 1. The molecule has 6 heteroatoms. The number of benzene rings is 2. The maximum atomic E-state index is 6.17. The zero-order chi connectivity index (χ0) is 18.4. The van der Waals surface area contributed by atoms with Crippen LogP contribution in [0.25, 0.3) is 0 Å². The van der Waals surface area contributed by atoms with E-state index >= 15 is 0 Å². The van der Waals surface area contributed by atoms with E-state index in [2.05, 4.69) is 26.7 Å². The minimum atomic E-state index is 0.580. The average Bonchev–Trinajstić information content (AvgIpc) is 2.65. The number of nitrogens with zero attached hydrogens (tertiary/aromatic N) is 2. The van der Waals surface area contributed by atoms with Crippen molar-refractivity contribution in [3.8, 4) is 5.75 Å². The quantitative estimate of drug-likeness (QED) is 0.624. The fourth-order valence-corrected chi connectivity index (χ4v) is 2.66. The van der Waals surface area contributed by atoms with Crippen molar-refractivity contribution in [2.24, 2.45) is 0 Å². The predicted octanol–water partition coefficient (Wildman–Crippen LogP) is 4.85. The Hall–Kier alpha value is -2.79. The standard InChI is InChI=1S/C20H21ClN4O/c1-14-6-7-16(13-18(14)21)24-19-9-11-23-20(25-19)22-10-8-15-4-3-5-17(12-15)26-2/h3-7,9,11-13H,8,10H2,1-2H3,(H2,22,23,24,25). The van der Waals surface area contributed by atoms with Crippen molar-refractivity contribution in [2.75, 3.05) is 24.3 Å². The molecule has 0 aliphatic heterocycles. The van der Waals surface area contributed by atoms with Crippen LogP contribution in [0.15, 0.2) is 54.7 Å². The molecule has 5 nitrogen and oxygen atoms in total. The molecule has 0 aliphatic rings. The van der Waals surface area contributed by atoms with Crippen LogP contribution in [0.1, 0.15) is 11.1 Å². The van der Waals surface area contributed by atoms with Gasteiger partial charge in [0.1, 0.15) is 11.6 Å². The highest BCUT2D eigenvalue weighted by Crippen LogP contribution is 2.22. The van der Waals surface area contributed by atoms with Crippen LogP contribution < -0.4 is 15.4 Å². The molecule has 3 aromatic rings. The number of ether oxygens (including phenoxy) is 1. The predicted molar refractivity (Wildman–Crippen MR) is 107 cm³/mol. The van der Waals surface area contributed by atoms with Crippen LogP contribution in [0.5, 0.6) is 5.75 Å². The normalized spacial score (nSPS) is 10.4. The van der Waals surface area contributed by atoms with E-state index in [-0.39, 0.29) is 0 Å². The van der Waals surface area contributed by atoms with E-state index in [9.17, 15) is 0 Å². The van der Waals surface area contributed by atoms with Crippen LogP contribution in [-0.4, -0.2) is 23.6 Å². The summed E-state index contributed by atoms with van der Waals surface area (Å²) >= 11 is 6.17. The third-order valence-corrected chi connectivity index (χ3v) is 4.34. The van der Waals surface area contributed by atoms with Crippen molar-refractivity contribution < 1.29 is 4.74 Å². The van der Waals surface area contributed by atoms with Gasteiger partial charge in [-0.2, -0.15) is 4.98 Å². The van der Waals surface area contributed by atoms with Crippen molar-refractivity contribution in [3.05, 3.63) is 70.9 Å². The Morgan fingerprint density at radius 1 is 1.12 bits per heavy atom. The number of methoxy groups -OCH3 is 1. The van der Waals surface area contributed by atoms with Crippen molar-refractivity contribution in [1.82, 2.24) is 9.97 Å². The van der Waals surface area contributed by atoms with Crippen LogP contribution in [0.2, 0.25) is 5.02 Å². The molecule has 1 heterocycles. The van der Waals surface area contributed by atoms with Gasteiger partial charge in [0.15, 0.2) is 0 Å². The van der Waals surface area contributed by atoms with Crippen LogP contribution in [0, 0.1) is 6.92 Å². The smallest absolute Gasteiger partial charge is 0.224 e. The number of rotatable bonds is 7. The number of nitrogens with one attached hydrogen (secondary N) is 2. The summed E-state index contributed by atoms with van der Waals surface area (Å²) in [6.45, 7) is 2.70. The van der Waals surface area contributed by atoms with Crippen LogP contribution >= 0.6 is 11.6 Å². The maximum absolute atomic E-state index is 6.17. The topological polar surface area (TPSA) is 59.1 Å². The van der Waals surface area contributed by atoms with Crippen molar-refractivity contribution in [1.29, 1.82) is 0 Å². The van der Waals surface area contributed by atoms with Gasteiger partial charge < -0.3 is 15.4 Å². The minimum Gasteiger partial charge on any atom is -0.497 e. The summed E-state index contributed by atoms with van der Waals surface area (Å²) in [5, 5.41) is 7.21. The van der Waals surface area contributed by atoms with Gasteiger partial charge in [-0.3, -0.25) is 0 Å². The fraction of sp³-hybridized carbons (Fsp3) is 0.200. The highest BCUT2D eigenvalue weighted by atomic mass is 35.5. The van der Waals surface area contributed by atoms with E-state index in [1.165, 1.54) is 5.56 Å². The molecule has 134 valence electrons. The zero-order valence-corrected chi connectivity index (χ0v) is 15.5. The van der Waals surface area contributed by atoms with Gasteiger partial charge in [0.2, 0.25) is 5.95 Å². The third-order valence-electron chi connectivity index (χ3n) is 3.93. The zero-order valence-electron chi connectivity index (χ0n) is 14.8. The molecule has 0 amide bonds. The van der Waals surface area contributed by atoms with Gasteiger partial charge in [-0.1, -0.05) is 29.8 Å². The molecule has 2 N–H and O–H groups in total. The molecule has 0 saturated heterocycles. The molecular weight excluding hydrogens is 348 g/mol. The van der Waals surface area contributed by atoms with Gasteiger partial charge in [0, 0.05) is 23.5 Å². The molecule has 0 aliphatic carbocycles. The number of hydrogen-bond acceptors (Lipinski definition) is 5. The first-order chi connectivity index (χ1) is 12.6. The summed E-state index contributed by atoms with van der Waals surface area (Å²) in [6.07, 6.45) is 2.57. The molecule has 0 atom stereocenters. The lowest BCUT2D eigenvalue weighted by atomic mass is 10.1. The van der Waals surface area contributed by atoms with E-state index < -0.39 is 0 Å². The largest absolute Gasteiger partial charge is 0.497 e. The van der Waals surface area contributed by atoms with E-state index in [1.54, 1.807) is 13.3 Å². The summed E-state index contributed by atoms with van der Waals surface area (Å²) in [5.41, 5.74) is 3.13. The highest BCUT2D eigenvalue weighted by Gasteiger charge is 2.03. The summed E-state index contributed by atoms with van der Waals surface area (Å²) in [5.74, 6) is 2.15. The number of hydrogen-bond donors (Lipinski definition) is 2. The molecule has 26 heavy (non-hydrogen) atoms. The Bertz CT molecular complexity index is 885. The summed E-state index contributed by atoms with van der Waals surface area (Å²) < 4.78 is 5.24. The second-order valence-electron chi connectivity index (χ2n) is 5.88. The minimum absolute atomic E-state index is 0.580. The Morgan fingerprint density at radius 3 is 2.81 bits per heavy atom. The van der Waals surface area contributed by atoms with Crippen LogP contribution in [0.3, 0.4) is 0 Å². The highest BCUT2D eigenvalue weighted by molar-refractivity contribution is 6.31. The molecule has 0 radical (unpaired) electrons. The Kier molecular flexibility index (Phi) is 5.92. The maximum Gasteiger partial charge on any atom is 0.224 e. The average molecular weight is 369 g/mol. The molecule has 2 aromatic carbocycles. The molecule has 0 saturated carbocycles. The first-order valence-electron chi connectivity index (χ1n) is 8.37. The van der Waals surface area contributed by atoms with E-state index in [4.69, 9.17) is 16.3 Å². The molecule has 0 bridgehead atoms. The van der Waals surface area contributed by atoms with E-state index in [0.29, 0.717) is 11.8 Å². The number of halogens is 1. The second kappa shape index (κ2) is 8.54. The molecule has 3 rings (SSSR count). The number of anilines is 3. The summed E-state index contributed by atoms with van der Waals surface area (Å²) in [4.78, 5) is 8.75. The molecule has 0 fully saturated rings. The lowest BCUT2D eigenvalue weighted by Gasteiger charge is -2.10. The lowest BCUT2D eigenvalue weighted by Crippen LogP contribution is -2.08. The van der Waals surface area contributed by atoms with Gasteiger partial charge in [0.25, 0.3) is 0 Å². The van der Waals surface area contributed by atoms with E-state index in [0.717, 1.165) is 35.0 Å². The van der Waals surface area contributed by atoms with Crippen LogP contribution in [0.4, 0.5) is 17.5 Å². The first-order valence-corrected chi connectivity index (χ1v) is 8.75. The molecule has 1 aromatic heterocycles. The summed E-state index contributed by atoms with van der Waals surface area (Å²) in [6, 6.07) is 15.7. The van der Waals surface area contributed by atoms with Crippen molar-refractivity contribution >= 4 is 29.1 Å². The third kappa shape index (κ3) is 4.86. The Balaban J connectivity index is 1.59. The van der Waals surface area contributed by atoms with Gasteiger partial charge >= 0.3 is 0 Å². The Morgan fingerprint density at radius 2 is 2.00 bits per heavy atom. The first kappa shape index (κ1) is 18.0. The van der Waals surface area contributed by atoms with Gasteiger partial charge in [-0.05, 0) is 54.8 Å². The van der Waals surface area contributed by atoms with Gasteiger partial charge in [-0.25, -0.2) is 4.98 Å². The monoisotopic (exact) mass is 368 g/mol. The van der Waals surface area contributed by atoms with Gasteiger partial charge in [0.05, 0.1) is 7.11 Å². The SMILES string of the molecule is COc1cccc(CCNc2nccc(Nc3ccc(C)c(Cl)c3)n2)c1. The van der Waals surface area contributed by atoms with Crippen LogP contribution in [-0.2, 0) is 6.42 Å². The van der Waals surface area contributed by atoms with Crippen molar-refractivity contribution in [3.63, 3.8) is 0 Å². The fourth-order valence-electron chi connectivity index (χ4n) is 2.48. The van der Waals surface area contributed by atoms with E-state index in [1.807, 2.05) is 49.4 Å². The molecule has 0 unspecified atom stereocenters.